The van der Waals surface area contributed by atoms with Crippen LogP contribution in [0.15, 0.2) is 0 Å². The van der Waals surface area contributed by atoms with Gasteiger partial charge in [-0.1, -0.05) is 32.6 Å². The number of nitrogens with zero attached hydrogens (tertiary/aromatic N) is 1. The molecule has 4 nitrogen and oxygen atoms in total. The number of carbonyl (C=O) groups is 1. The standard InChI is InChI=1S/C17H33N2O2/c1-2-3-6-9-17(21)18-16-10-13-19(14-11-16)12-7-4-5-8-15-20/h16H,2-15H2,1H3,(H,18,21). The van der Waals surface area contributed by atoms with Crippen LogP contribution < -0.4 is 5.32 Å². The highest BCUT2D eigenvalue weighted by Gasteiger charge is 2.19. The molecule has 0 atom stereocenters. The molecular weight excluding hydrogens is 264 g/mol. The Labute approximate surface area is 130 Å². The van der Waals surface area contributed by atoms with Crippen molar-refractivity contribution in [2.45, 2.75) is 77.2 Å². The maximum atomic E-state index is 11.8. The molecule has 0 aromatic carbocycles. The number of hydrogen-bond donors (Lipinski definition) is 1. The fourth-order valence-corrected chi connectivity index (χ4v) is 2.93. The van der Waals surface area contributed by atoms with E-state index < -0.39 is 0 Å². The van der Waals surface area contributed by atoms with Crippen molar-refractivity contribution >= 4 is 5.91 Å². The average Bonchev–Trinajstić information content (AvgIpc) is 2.49. The number of unbranched alkanes of at least 4 members (excludes halogenated alkanes) is 5. The molecule has 0 saturated carbocycles. The minimum Gasteiger partial charge on any atom is -0.353 e. The Morgan fingerprint density at radius 3 is 2.43 bits per heavy atom. The van der Waals surface area contributed by atoms with Gasteiger partial charge in [0.1, 0.15) is 0 Å². The summed E-state index contributed by atoms with van der Waals surface area (Å²) in [5, 5.41) is 13.5. The van der Waals surface area contributed by atoms with Crippen molar-refractivity contribution in [1.29, 1.82) is 0 Å². The molecule has 1 N–H and O–H groups in total. The van der Waals surface area contributed by atoms with E-state index in [1.54, 1.807) is 0 Å². The van der Waals surface area contributed by atoms with Gasteiger partial charge >= 0.3 is 0 Å². The van der Waals surface area contributed by atoms with Crippen LogP contribution in [0.5, 0.6) is 0 Å². The van der Waals surface area contributed by atoms with Crippen LogP contribution in [-0.2, 0) is 9.90 Å². The highest BCUT2D eigenvalue weighted by Crippen LogP contribution is 2.12. The Balaban J connectivity index is 2.02. The minimum absolute atomic E-state index is 0.0728. The van der Waals surface area contributed by atoms with Crippen LogP contribution in [0.3, 0.4) is 0 Å². The molecule has 1 aliphatic rings. The normalized spacial score (nSPS) is 17.0. The summed E-state index contributed by atoms with van der Waals surface area (Å²) in [6.07, 6.45) is 10.5. The van der Waals surface area contributed by atoms with E-state index in [0.717, 1.165) is 58.2 Å². The number of rotatable bonds is 11. The van der Waals surface area contributed by atoms with E-state index in [0.29, 0.717) is 12.5 Å². The molecule has 0 spiro atoms. The van der Waals surface area contributed by atoms with Gasteiger partial charge < -0.3 is 10.2 Å². The largest absolute Gasteiger partial charge is 0.353 e. The fraction of sp³-hybridized carbons (Fsp3) is 0.941. The first-order valence-electron chi connectivity index (χ1n) is 8.86. The van der Waals surface area contributed by atoms with Crippen molar-refractivity contribution in [3.05, 3.63) is 0 Å². The molecule has 0 unspecified atom stereocenters. The molecule has 21 heavy (non-hydrogen) atoms. The Kier molecular flexibility index (Phi) is 10.5. The van der Waals surface area contributed by atoms with Crippen molar-refractivity contribution in [1.82, 2.24) is 10.2 Å². The zero-order valence-electron chi connectivity index (χ0n) is 13.7. The van der Waals surface area contributed by atoms with Crippen LogP contribution in [0, 0.1) is 0 Å². The number of amides is 1. The summed E-state index contributed by atoms with van der Waals surface area (Å²) >= 11 is 0. The Morgan fingerprint density at radius 1 is 1.05 bits per heavy atom. The van der Waals surface area contributed by atoms with Gasteiger partial charge in [-0.2, -0.15) is 0 Å². The Morgan fingerprint density at radius 2 is 1.76 bits per heavy atom. The number of piperidine rings is 1. The zero-order valence-corrected chi connectivity index (χ0v) is 13.7. The van der Waals surface area contributed by atoms with Crippen LogP contribution in [-0.4, -0.2) is 43.1 Å². The van der Waals surface area contributed by atoms with Gasteiger partial charge in [-0.15, -0.1) is 0 Å². The van der Waals surface area contributed by atoms with Crippen molar-refractivity contribution in [2.75, 3.05) is 26.2 Å². The third-order valence-corrected chi connectivity index (χ3v) is 4.33. The lowest BCUT2D eigenvalue weighted by atomic mass is 10.0. The maximum absolute atomic E-state index is 11.8. The van der Waals surface area contributed by atoms with Gasteiger partial charge in [0.05, 0.1) is 6.61 Å². The first-order chi connectivity index (χ1) is 10.3. The smallest absolute Gasteiger partial charge is 0.220 e. The maximum Gasteiger partial charge on any atom is 0.220 e. The van der Waals surface area contributed by atoms with Gasteiger partial charge in [0.2, 0.25) is 5.91 Å². The first-order valence-corrected chi connectivity index (χ1v) is 8.86. The molecule has 1 amide bonds. The second kappa shape index (κ2) is 12.0. The first kappa shape index (κ1) is 18.4. The molecule has 0 aromatic rings. The summed E-state index contributed by atoms with van der Waals surface area (Å²) < 4.78 is 0. The molecule has 1 aliphatic heterocycles. The van der Waals surface area contributed by atoms with Gasteiger partial charge in [-0.25, -0.2) is 5.11 Å². The van der Waals surface area contributed by atoms with Crippen LogP contribution in [0.25, 0.3) is 0 Å². The lowest BCUT2D eigenvalue weighted by Crippen LogP contribution is -2.44. The van der Waals surface area contributed by atoms with Gasteiger partial charge in [0.15, 0.2) is 0 Å². The van der Waals surface area contributed by atoms with Gasteiger partial charge in [-0.05, 0) is 38.6 Å². The van der Waals surface area contributed by atoms with Crippen molar-refractivity contribution < 1.29 is 9.90 Å². The topological polar surface area (TPSA) is 52.2 Å². The quantitative estimate of drug-likeness (QED) is 0.596. The molecule has 123 valence electrons. The summed E-state index contributed by atoms with van der Waals surface area (Å²) in [5.41, 5.74) is 0. The number of nitrogens with one attached hydrogen (secondary N) is 1. The summed E-state index contributed by atoms with van der Waals surface area (Å²) in [7, 11) is 0. The molecule has 1 rings (SSSR count). The molecule has 1 radical (unpaired) electrons. The van der Waals surface area contributed by atoms with Gasteiger partial charge in [-0.3, -0.25) is 4.79 Å². The van der Waals surface area contributed by atoms with E-state index in [4.69, 9.17) is 0 Å². The third-order valence-electron chi connectivity index (χ3n) is 4.33. The number of likely N-dealkylation sites (tertiary alicyclic amines) is 1. The number of hydrogen-bond acceptors (Lipinski definition) is 2. The van der Waals surface area contributed by atoms with Crippen molar-refractivity contribution in [3.8, 4) is 0 Å². The molecule has 0 bridgehead atoms. The van der Waals surface area contributed by atoms with Gasteiger partial charge in [0, 0.05) is 25.6 Å². The van der Waals surface area contributed by atoms with E-state index in [1.807, 2.05) is 0 Å². The molecule has 1 saturated heterocycles. The fourth-order valence-electron chi connectivity index (χ4n) is 2.93. The molecule has 1 fully saturated rings. The summed E-state index contributed by atoms with van der Waals surface area (Å²) in [5.74, 6) is 0.236. The average molecular weight is 297 g/mol. The van der Waals surface area contributed by atoms with Crippen molar-refractivity contribution in [2.24, 2.45) is 0 Å². The van der Waals surface area contributed by atoms with E-state index >= 15 is 0 Å². The van der Waals surface area contributed by atoms with E-state index in [-0.39, 0.29) is 12.5 Å². The summed E-state index contributed by atoms with van der Waals surface area (Å²) in [6, 6.07) is 0.385. The van der Waals surface area contributed by atoms with E-state index in [1.165, 1.54) is 19.3 Å². The highest BCUT2D eigenvalue weighted by molar-refractivity contribution is 5.76. The lowest BCUT2D eigenvalue weighted by Gasteiger charge is -2.32. The third kappa shape index (κ3) is 9.10. The molecular formula is C17H33N2O2. The minimum atomic E-state index is 0.0728. The molecule has 4 heteroatoms. The highest BCUT2D eigenvalue weighted by atomic mass is 16.2. The van der Waals surface area contributed by atoms with Crippen LogP contribution >= 0.6 is 0 Å². The lowest BCUT2D eigenvalue weighted by molar-refractivity contribution is -0.122. The number of carbonyl (C=O) groups excluding carboxylic acids is 1. The van der Waals surface area contributed by atoms with Gasteiger partial charge in [0.25, 0.3) is 0 Å². The van der Waals surface area contributed by atoms with Crippen LogP contribution in [0.2, 0.25) is 0 Å². The summed E-state index contributed by atoms with van der Waals surface area (Å²) in [6.45, 7) is 5.58. The molecule has 1 heterocycles. The van der Waals surface area contributed by atoms with Crippen LogP contribution in [0.1, 0.15) is 71.1 Å². The SMILES string of the molecule is CCCCCC(=O)NC1CCN(CCCCCC[O])CC1. The zero-order chi connectivity index (χ0) is 15.3. The monoisotopic (exact) mass is 297 g/mol. The summed E-state index contributed by atoms with van der Waals surface area (Å²) in [4.78, 5) is 14.3. The second-order valence-electron chi connectivity index (χ2n) is 6.26. The van der Waals surface area contributed by atoms with E-state index in [9.17, 15) is 9.90 Å². The second-order valence-corrected chi connectivity index (χ2v) is 6.26. The Hall–Kier alpha value is -0.610. The van der Waals surface area contributed by atoms with E-state index in [2.05, 4.69) is 17.1 Å². The molecule has 0 aromatic heterocycles. The predicted octanol–water partition coefficient (Wildman–Crippen LogP) is 3.14. The van der Waals surface area contributed by atoms with Crippen molar-refractivity contribution in [3.63, 3.8) is 0 Å². The van der Waals surface area contributed by atoms with Crippen LogP contribution in [0.4, 0.5) is 0 Å². The molecule has 0 aliphatic carbocycles. The Bertz CT molecular complexity index is 264. The predicted molar refractivity (Wildman–Crippen MR) is 85.8 cm³/mol.